The van der Waals surface area contributed by atoms with E-state index < -0.39 is 0 Å². The van der Waals surface area contributed by atoms with Gasteiger partial charge in [-0.3, -0.25) is 4.79 Å². The second-order valence-corrected chi connectivity index (χ2v) is 4.74. The quantitative estimate of drug-likeness (QED) is 0.733. The minimum atomic E-state index is -0.266. The van der Waals surface area contributed by atoms with Gasteiger partial charge in [0.1, 0.15) is 22.3 Å². The van der Waals surface area contributed by atoms with Gasteiger partial charge in [0.05, 0.1) is 19.6 Å². The van der Waals surface area contributed by atoms with Gasteiger partial charge in [0.25, 0.3) is 0 Å². The summed E-state index contributed by atoms with van der Waals surface area (Å²) in [4.78, 5) is 12.7. The van der Waals surface area contributed by atoms with E-state index >= 15 is 0 Å². The van der Waals surface area contributed by atoms with Crippen LogP contribution in [0.2, 0.25) is 0 Å². The van der Waals surface area contributed by atoms with Gasteiger partial charge in [-0.1, -0.05) is 0 Å². The van der Waals surface area contributed by atoms with Crippen LogP contribution >= 0.6 is 0 Å². The molecule has 0 aliphatic carbocycles. The Hall–Kier alpha value is -2.69. The highest BCUT2D eigenvalue weighted by atomic mass is 16.5. The summed E-state index contributed by atoms with van der Waals surface area (Å²) in [6, 6.07) is 6.40. The first kappa shape index (κ1) is 13.3. The van der Waals surface area contributed by atoms with E-state index in [1.165, 1.54) is 20.3 Å². The molecule has 0 saturated heterocycles. The summed E-state index contributed by atoms with van der Waals surface area (Å²) < 4.78 is 16.2. The molecule has 0 unspecified atom stereocenters. The summed E-state index contributed by atoms with van der Waals surface area (Å²) in [7, 11) is 2.97. The Labute approximate surface area is 120 Å². The normalized spacial score (nSPS) is 11.0. The molecule has 0 bridgehead atoms. The molecule has 2 aromatic carbocycles. The zero-order chi connectivity index (χ0) is 15.1. The Morgan fingerprint density at radius 2 is 1.86 bits per heavy atom. The van der Waals surface area contributed by atoms with E-state index in [1.807, 2.05) is 0 Å². The third-order valence-electron chi connectivity index (χ3n) is 3.50. The van der Waals surface area contributed by atoms with Crippen molar-refractivity contribution in [3.8, 4) is 17.2 Å². The number of hydrogen-bond donors (Lipinski definition) is 1. The van der Waals surface area contributed by atoms with Gasteiger partial charge in [-0.05, 0) is 36.8 Å². The fourth-order valence-electron chi connectivity index (χ4n) is 2.39. The van der Waals surface area contributed by atoms with Crippen molar-refractivity contribution >= 4 is 21.9 Å². The summed E-state index contributed by atoms with van der Waals surface area (Å²) in [6.07, 6.45) is 0. The van der Waals surface area contributed by atoms with Crippen LogP contribution in [0.4, 0.5) is 0 Å². The van der Waals surface area contributed by atoms with Gasteiger partial charge in [0.15, 0.2) is 11.5 Å². The third kappa shape index (κ3) is 1.89. The third-order valence-corrected chi connectivity index (χ3v) is 3.50. The number of phenolic OH excluding ortho intramolecular Hbond substituents is 1. The lowest BCUT2D eigenvalue weighted by molar-refractivity contribution is 0.358. The number of ether oxygens (including phenoxy) is 2. The van der Waals surface area contributed by atoms with Crippen molar-refractivity contribution in [3.63, 3.8) is 0 Å². The first-order chi connectivity index (χ1) is 10.1. The van der Waals surface area contributed by atoms with Crippen LogP contribution in [0.5, 0.6) is 17.2 Å². The Morgan fingerprint density at radius 1 is 1.10 bits per heavy atom. The molecule has 5 heteroatoms. The summed E-state index contributed by atoms with van der Waals surface area (Å²) in [5.41, 5.74) is 1.22. The minimum Gasteiger partial charge on any atom is -0.508 e. The molecule has 3 aromatic rings. The second kappa shape index (κ2) is 4.70. The van der Waals surface area contributed by atoms with Crippen molar-refractivity contribution < 1.29 is 19.0 Å². The van der Waals surface area contributed by atoms with Crippen molar-refractivity contribution in [2.45, 2.75) is 6.92 Å². The lowest BCUT2D eigenvalue weighted by Gasteiger charge is -2.10. The van der Waals surface area contributed by atoms with E-state index in [0.717, 1.165) is 0 Å². The van der Waals surface area contributed by atoms with Gasteiger partial charge in [-0.15, -0.1) is 0 Å². The van der Waals surface area contributed by atoms with Crippen molar-refractivity contribution in [3.05, 3.63) is 40.1 Å². The molecule has 1 heterocycles. The summed E-state index contributed by atoms with van der Waals surface area (Å²) in [5, 5.41) is 10.4. The Morgan fingerprint density at radius 3 is 2.52 bits per heavy atom. The molecule has 3 rings (SSSR count). The highest BCUT2D eigenvalue weighted by Crippen LogP contribution is 2.35. The van der Waals surface area contributed by atoms with Crippen LogP contribution in [0.25, 0.3) is 21.9 Å². The Kier molecular flexibility index (Phi) is 2.97. The predicted octanol–water partition coefficient (Wildman–Crippen LogP) is 2.98. The van der Waals surface area contributed by atoms with Gasteiger partial charge in [0, 0.05) is 0 Å². The van der Waals surface area contributed by atoms with E-state index in [2.05, 4.69) is 0 Å². The first-order valence-electron chi connectivity index (χ1n) is 6.38. The Balaban J connectivity index is 2.54. The fraction of sp³-hybridized carbons (Fsp3) is 0.188. The van der Waals surface area contributed by atoms with Crippen molar-refractivity contribution in [1.82, 2.24) is 0 Å². The maximum atomic E-state index is 12.7. The van der Waals surface area contributed by atoms with Crippen LogP contribution in [-0.4, -0.2) is 19.3 Å². The van der Waals surface area contributed by atoms with Gasteiger partial charge < -0.3 is 19.0 Å². The maximum absolute atomic E-state index is 12.7. The second-order valence-electron chi connectivity index (χ2n) is 4.74. The number of fused-ring (bicyclic) bond motifs is 2. The van der Waals surface area contributed by atoms with Crippen LogP contribution in [0, 0.1) is 6.92 Å². The molecule has 0 spiro atoms. The van der Waals surface area contributed by atoms with E-state index in [-0.39, 0.29) is 11.2 Å². The average Bonchev–Trinajstić information content (AvgIpc) is 2.48. The molecule has 0 saturated carbocycles. The lowest BCUT2D eigenvalue weighted by atomic mass is 10.1. The number of aryl methyl sites for hydroxylation is 1. The van der Waals surface area contributed by atoms with E-state index in [9.17, 15) is 9.90 Å². The van der Waals surface area contributed by atoms with Crippen LogP contribution < -0.4 is 14.9 Å². The molecule has 21 heavy (non-hydrogen) atoms. The molecular formula is C16H14O5. The number of phenols is 1. The fourth-order valence-corrected chi connectivity index (χ4v) is 2.39. The largest absolute Gasteiger partial charge is 0.508 e. The molecule has 5 nitrogen and oxygen atoms in total. The molecule has 108 valence electrons. The van der Waals surface area contributed by atoms with E-state index in [4.69, 9.17) is 13.9 Å². The topological polar surface area (TPSA) is 68.9 Å². The van der Waals surface area contributed by atoms with Crippen LogP contribution in [0.3, 0.4) is 0 Å². The highest BCUT2D eigenvalue weighted by molar-refractivity contribution is 5.95. The predicted molar refractivity (Wildman–Crippen MR) is 79.5 cm³/mol. The maximum Gasteiger partial charge on any atom is 0.204 e. The van der Waals surface area contributed by atoms with Crippen molar-refractivity contribution in [2.75, 3.05) is 14.2 Å². The summed E-state index contributed by atoms with van der Waals surface area (Å²) in [6.45, 7) is 1.74. The standard InChI is InChI=1S/C16H14O5/c1-8-6-13-9(7-10(8)17)15(18)14-11(21-13)4-5-12(19-2)16(14)20-3/h4-7,17H,1-3H3. The number of benzene rings is 2. The zero-order valence-electron chi connectivity index (χ0n) is 11.9. The van der Waals surface area contributed by atoms with Crippen LogP contribution in [0.15, 0.2) is 33.5 Å². The zero-order valence-corrected chi connectivity index (χ0v) is 11.9. The molecule has 0 radical (unpaired) electrons. The molecule has 0 aliphatic rings. The molecule has 0 amide bonds. The van der Waals surface area contributed by atoms with Gasteiger partial charge in [0.2, 0.25) is 5.43 Å². The first-order valence-corrected chi connectivity index (χ1v) is 6.38. The van der Waals surface area contributed by atoms with Crippen molar-refractivity contribution in [1.29, 1.82) is 0 Å². The minimum absolute atomic E-state index is 0.0519. The van der Waals surface area contributed by atoms with E-state index in [0.29, 0.717) is 39.0 Å². The number of methoxy groups -OCH3 is 2. The average molecular weight is 286 g/mol. The van der Waals surface area contributed by atoms with Crippen molar-refractivity contribution in [2.24, 2.45) is 0 Å². The molecule has 1 aromatic heterocycles. The van der Waals surface area contributed by atoms with E-state index in [1.54, 1.807) is 25.1 Å². The number of rotatable bonds is 2. The van der Waals surface area contributed by atoms with Crippen LogP contribution in [-0.2, 0) is 0 Å². The highest BCUT2D eigenvalue weighted by Gasteiger charge is 2.17. The molecule has 1 N–H and O–H groups in total. The monoisotopic (exact) mass is 286 g/mol. The summed E-state index contributed by atoms with van der Waals surface area (Å²) >= 11 is 0. The van der Waals surface area contributed by atoms with Gasteiger partial charge >= 0.3 is 0 Å². The molecule has 0 atom stereocenters. The Bertz CT molecular complexity index is 908. The molecule has 0 fully saturated rings. The SMILES string of the molecule is COc1ccc2oc3cc(C)c(O)cc3c(=O)c2c1OC. The number of hydrogen-bond acceptors (Lipinski definition) is 5. The number of aromatic hydroxyl groups is 1. The summed E-state index contributed by atoms with van der Waals surface area (Å²) in [5.74, 6) is 0.828. The molecular weight excluding hydrogens is 272 g/mol. The van der Waals surface area contributed by atoms with Crippen LogP contribution in [0.1, 0.15) is 5.56 Å². The van der Waals surface area contributed by atoms with Gasteiger partial charge in [-0.25, -0.2) is 0 Å². The smallest absolute Gasteiger partial charge is 0.204 e. The van der Waals surface area contributed by atoms with Gasteiger partial charge in [-0.2, -0.15) is 0 Å². The lowest BCUT2D eigenvalue weighted by Crippen LogP contribution is -2.05. The molecule has 0 aliphatic heterocycles.